The number of benzene rings is 1. The molecule has 0 unspecified atom stereocenters. The van der Waals surface area contributed by atoms with Crippen LogP contribution in [0.4, 0.5) is 5.69 Å². The van der Waals surface area contributed by atoms with Gasteiger partial charge in [-0.25, -0.2) is 0 Å². The number of thiophene rings is 1. The second-order valence-corrected chi connectivity index (χ2v) is 6.76. The van der Waals surface area contributed by atoms with E-state index in [0.717, 1.165) is 22.0 Å². The fourth-order valence-electron chi connectivity index (χ4n) is 2.96. The van der Waals surface area contributed by atoms with Gasteiger partial charge in [0.1, 0.15) is 11.9 Å². The molecule has 1 N–H and O–H groups in total. The van der Waals surface area contributed by atoms with Gasteiger partial charge in [-0.1, -0.05) is 6.07 Å². The van der Waals surface area contributed by atoms with Gasteiger partial charge >= 0.3 is 0 Å². The molecular weight excluding hydrogens is 334 g/mol. The Hall–Kier alpha value is -2.86. The molecule has 0 bridgehead atoms. The summed E-state index contributed by atoms with van der Waals surface area (Å²) in [6.07, 6.45) is 1.43. The second kappa shape index (κ2) is 6.57. The number of pyridine rings is 1. The number of anilines is 1. The van der Waals surface area contributed by atoms with Crippen molar-refractivity contribution in [1.82, 2.24) is 9.88 Å². The quantitative estimate of drug-likeness (QED) is 0.757. The number of carbonyl (C=O) groups excluding carboxylic acids is 1. The molecule has 2 aromatic heterocycles. The van der Waals surface area contributed by atoms with Crippen molar-refractivity contribution < 1.29 is 9.53 Å². The third kappa shape index (κ3) is 2.96. The molecular formula is C19H17N3O2S. The van der Waals surface area contributed by atoms with Crippen LogP contribution >= 0.6 is 11.3 Å². The molecule has 25 heavy (non-hydrogen) atoms. The molecule has 6 heteroatoms. The van der Waals surface area contributed by atoms with Crippen LogP contribution in [-0.4, -0.2) is 22.9 Å². The number of nitrogens with one attached hydrogen (secondary N) is 1. The van der Waals surface area contributed by atoms with Crippen LogP contribution < -0.4 is 10.1 Å². The van der Waals surface area contributed by atoms with Crippen molar-refractivity contribution >= 4 is 22.9 Å². The normalized spacial score (nSPS) is 16.0. The lowest BCUT2D eigenvalue weighted by atomic mass is 10.2. The molecule has 4 rings (SSSR count). The predicted molar refractivity (Wildman–Crippen MR) is 97.8 cm³/mol. The first kappa shape index (κ1) is 15.7. The number of methoxy groups -OCH3 is 1. The van der Waals surface area contributed by atoms with E-state index in [0.29, 0.717) is 12.1 Å². The highest BCUT2D eigenvalue weighted by Gasteiger charge is 2.37. The molecule has 5 nitrogen and oxygen atoms in total. The van der Waals surface area contributed by atoms with Gasteiger partial charge in [0.2, 0.25) is 0 Å². The van der Waals surface area contributed by atoms with Crippen molar-refractivity contribution in [2.75, 3.05) is 12.4 Å². The fourth-order valence-corrected chi connectivity index (χ4v) is 3.66. The lowest BCUT2D eigenvalue weighted by Gasteiger charge is -2.26. The lowest BCUT2D eigenvalue weighted by Crippen LogP contribution is -2.31. The van der Waals surface area contributed by atoms with E-state index in [1.165, 1.54) is 0 Å². The molecule has 1 aromatic carbocycles. The van der Waals surface area contributed by atoms with Crippen LogP contribution in [0.1, 0.15) is 27.1 Å². The maximum Gasteiger partial charge on any atom is 0.258 e. The molecule has 1 aliphatic heterocycles. The smallest absolute Gasteiger partial charge is 0.258 e. The highest BCUT2D eigenvalue weighted by atomic mass is 32.1. The Morgan fingerprint density at radius 3 is 2.76 bits per heavy atom. The number of hydrogen-bond donors (Lipinski definition) is 1. The summed E-state index contributed by atoms with van der Waals surface area (Å²) < 4.78 is 5.20. The van der Waals surface area contributed by atoms with Crippen LogP contribution in [0.15, 0.2) is 60.1 Å². The van der Waals surface area contributed by atoms with E-state index in [-0.39, 0.29) is 12.1 Å². The lowest BCUT2D eigenvalue weighted by molar-refractivity contribution is 0.0729. The minimum absolute atomic E-state index is 0.00233. The molecule has 0 radical (unpaired) electrons. The first-order valence-corrected chi connectivity index (χ1v) is 8.83. The number of amides is 1. The molecule has 3 aromatic rings. The summed E-state index contributed by atoms with van der Waals surface area (Å²) in [4.78, 5) is 20.3. The van der Waals surface area contributed by atoms with Crippen molar-refractivity contribution in [1.29, 1.82) is 0 Å². The fraction of sp³-hybridized carbons (Fsp3) is 0.158. The zero-order chi connectivity index (χ0) is 17.2. The summed E-state index contributed by atoms with van der Waals surface area (Å²) in [5.41, 5.74) is 2.33. The predicted octanol–water partition coefficient (Wildman–Crippen LogP) is 3.92. The zero-order valence-electron chi connectivity index (χ0n) is 13.7. The van der Waals surface area contributed by atoms with Gasteiger partial charge in [-0.15, -0.1) is 11.3 Å². The Morgan fingerprint density at radius 1 is 1.20 bits per heavy atom. The van der Waals surface area contributed by atoms with Crippen molar-refractivity contribution in [2.24, 2.45) is 0 Å². The second-order valence-electron chi connectivity index (χ2n) is 5.72. The highest BCUT2D eigenvalue weighted by molar-refractivity contribution is 7.09. The Balaban J connectivity index is 1.66. The van der Waals surface area contributed by atoms with Crippen LogP contribution in [0.2, 0.25) is 0 Å². The third-order valence-electron chi connectivity index (χ3n) is 4.20. The summed E-state index contributed by atoms with van der Waals surface area (Å²) in [6.45, 7) is 0.556. The minimum atomic E-state index is -0.292. The third-order valence-corrected chi connectivity index (χ3v) is 5.06. The number of aromatic nitrogens is 1. The number of ether oxygens (including phenoxy) is 1. The topological polar surface area (TPSA) is 54.5 Å². The van der Waals surface area contributed by atoms with E-state index in [9.17, 15) is 4.79 Å². The van der Waals surface area contributed by atoms with Crippen LogP contribution in [0.5, 0.6) is 5.75 Å². The average Bonchev–Trinajstić information content (AvgIpc) is 3.25. The molecule has 0 saturated heterocycles. The van der Waals surface area contributed by atoms with E-state index in [1.54, 1.807) is 30.7 Å². The molecule has 0 fully saturated rings. The first-order chi connectivity index (χ1) is 12.3. The van der Waals surface area contributed by atoms with Crippen molar-refractivity contribution in [3.8, 4) is 5.75 Å². The van der Waals surface area contributed by atoms with Crippen molar-refractivity contribution in [3.05, 3.63) is 76.2 Å². The van der Waals surface area contributed by atoms with Crippen LogP contribution in [0, 0.1) is 0 Å². The Morgan fingerprint density at radius 2 is 2.04 bits per heavy atom. The van der Waals surface area contributed by atoms with Gasteiger partial charge in [-0.05, 0) is 47.8 Å². The minimum Gasteiger partial charge on any atom is -0.497 e. The number of fused-ring (bicyclic) bond motifs is 1. The van der Waals surface area contributed by atoms with Crippen LogP contribution in [0.25, 0.3) is 0 Å². The van der Waals surface area contributed by atoms with Crippen LogP contribution in [0.3, 0.4) is 0 Å². The van der Waals surface area contributed by atoms with Gasteiger partial charge in [0, 0.05) is 16.8 Å². The summed E-state index contributed by atoms with van der Waals surface area (Å²) >= 11 is 1.65. The Bertz CT molecular complexity index is 878. The monoisotopic (exact) mass is 351 g/mol. The average molecular weight is 351 g/mol. The summed E-state index contributed by atoms with van der Waals surface area (Å²) in [6, 6.07) is 15.3. The maximum atomic E-state index is 12.9. The van der Waals surface area contributed by atoms with Gasteiger partial charge in [0.05, 0.1) is 24.9 Å². The summed E-state index contributed by atoms with van der Waals surface area (Å²) in [5.74, 6) is 0.796. The standard InChI is InChI=1S/C19H17N3O2S/c1-24-14-8-6-13(7-9-14)21-18-17-16(5-2-10-20-17)19(23)22(18)12-15-4-3-11-25-15/h2-11,18,21H,12H2,1H3/t18-/m1/s1. The SMILES string of the molecule is COc1ccc(N[C@H]2c3ncccc3C(=O)N2Cc2cccs2)cc1. The Labute approximate surface area is 149 Å². The highest BCUT2D eigenvalue weighted by Crippen LogP contribution is 2.34. The van der Waals surface area contributed by atoms with Crippen molar-refractivity contribution in [2.45, 2.75) is 12.7 Å². The van der Waals surface area contributed by atoms with Gasteiger partial charge in [0.15, 0.2) is 0 Å². The summed E-state index contributed by atoms with van der Waals surface area (Å²) in [7, 11) is 1.64. The van der Waals surface area contributed by atoms with E-state index in [1.807, 2.05) is 52.7 Å². The molecule has 1 atom stereocenters. The van der Waals surface area contributed by atoms with Gasteiger partial charge < -0.3 is 15.0 Å². The number of rotatable bonds is 5. The summed E-state index contributed by atoms with van der Waals surface area (Å²) in [5, 5.41) is 5.45. The molecule has 1 amide bonds. The molecule has 126 valence electrons. The van der Waals surface area contributed by atoms with Crippen molar-refractivity contribution in [3.63, 3.8) is 0 Å². The first-order valence-electron chi connectivity index (χ1n) is 7.95. The van der Waals surface area contributed by atoms with Gasteiger partial charge in [-0.3, -0.25) is 9.78 Å². The largest absolute Gasteiger partial charge is 0.497 e. The van der Waals surface area contributed by atoms with Gasteiger partial charge in [0.25, 0.3) is 5.91 Å². The molecule has 3 heterocycles. The van der Waals surface area contributed by atoms with Crippen LogP contribution in [-0.2, 0) is 6.54 Å². The van der Waals surface area contributed by atoms with Gasteiger partial charge in [-0.2, -0.15) is 0 Å². The van der Waals surface area contributed by atoms with E-state index >= 15 is 0 Å². The number of hydrogen-bond acceptors (Lipinski definition) is 5. The van der Waals surface area contributed by atoms with E-state index in [4.69, 9.17) is 4.74 Å². The molecule has 0 spiro atoms. The van der Waals surface area contributed by atoms with E-state index < -0.39 is 0 Å². The molecule has 0 saturated carbocycles. The zero-order valence-corrected chi connectivity index (χ0v) is 14.5. The maximum absolute atomic E-state index is 12.9. The number of carbonyl (C=O) groups is 1. The molecule has 0 aliphatic carbocycles. The molecule has 1 aliphatic rings. The van der Waals surface area contributed by atoms with E-state index in [2.05, 4.69) is 10.3 Å². The Kier molecular flexibility index (Phi) is 4.11. The number of nitrogens with zero attached hydrogens (tertiary/aromatic N) is 2.